The molecule has 2 rings (SSSR count). The fraction of sp³-hybridized carbons (Fsp3) is 0.385. The summed E-state index contributed by atoms with van der Waals surface area (Å²) in [5.41, 5.74) is 0.320. The van der Waals surface area contributed by atoms with Crippen LogP contribution in [-0.4, -0.2) is 44.6 Å². The van der Waals surface area contributed by atoms with Crippen molar-refractivity contribution in [2.24, 2.45) is 5.92 Å². The second-order valence-corrected chi connectivity index (χ2v) is 4.83. The van der Waals surface area contributed by atoms with Crippen molar-refractivity contribution < 1.29 is 9.90 Å². The van der Waals surface area contributed by atoms with Gasteiger partial charge in [0.2, 0.25) is 0 Å². The molecule has 0 aliphatic rings. The molecule has 106 valence electrons. The molecule has 1 N–H and O–H groups in total. The Bertz CT molecular complexity index is 683. The van der Waals surface area contributed by atoms with Gasteiger partial charge in [-0.05, 0) is 19.2 Å². The summed E-state index contributed by atoms with van der Waals surface area (Å²) < 4.78 is 1.23. The van der Waals surface area contributed by atoms with Crippen LogP contribution >= 0.6 is 0 Å². The standard InChI is InChI=1S/C13H16N4O3/c1-9(13(19)20)7-16(2)8-17-12(18)10-5-3-4-6-11(10)14-15-17/h3-6,9H,7-8H2,1-2H3,(H,19,20). The molecule has 0 amide bonds. The van der Waals surface area contributed by atoms with Gasteiger partial charge in [-0.3, -0.25) is 14.5 Å². The third kappa shape index (κ3) is 3.00. The van der Waals surface area contributed by atoms with E-state index in [9.17, 15) is 9.59 Å². The monoisotopic (exact) mass is 276 g/mol. The number of carboxylic acids is 1. The molecular weight excluding hydrogens is 260 g/mol. The first-order valence-corrected chi connectivity index (χ1v) is 6.23. The van der Waals surface area contributed by atoms with E-state index in [0.29, 0.717) is 17.4 Å². The lowest BCUT2D eigenvalue weighted by Gasteiger charge is -2.19. The largest absolute Gasteiger partial charge is 0.481 e. The van der Waals surface area contributed by atoms with Crippen molar-refractivity contribution in [3.63, 3.8) is 0 Å². The summed E-state index contributed by atoms with van der Waals surface area (Å²) in [4.78, 5) is 24.7. The van der Waals surface area contributed by atoms with Gasteiger partial charge < -0.3 is 5.11 Å². The average Bonchev–Trinajstić information content (AvgIpc) is 2.42. The number of fused-ring (bicyclic) bond motifs is 1. The van der Waals surface area contributed by atoms with Crippen molar-refractivity contribution in [1.82, 2.24) is 19.9 Å². The first-order valence-electron chi connectivity index (χ1n) is 6.23. The molecule has 7 nitrogen and oxygen atoms in total. The summed E-state index contributed by atoms with van der Waals surface area (Å²) in [6.07, 6.45) is 0. The average molecular weight is 276 g/mol. The molecule has 0 saturated carbocycles. The van der Waals surface area contributed by atoms with Crippen LogP contribution in [0.4, 0.5) is 0 Å². The second kappa shape index (κ2) is 5.79. The molecule has 0 radical (unpaired) electrons. The van der Waals surface area contributed by atoms with Crippen molar-refractivity contribution in [3.8, 4) is 0 Å². The number of hydrogen-bond donors (Lipinski definition) is 1. The van der Waals surface area contributed by atoms with Gasteiger partial charge in [-0.15, -0.1) is 5.10 Å². The van der Waals surface area contributed by atoms with Crippen LogP contribution in [0.1, 0.15) is 6.92 Å². The Labute approximate surface area is 115 Å². The molecular formula is C13H16N4O3. The highest BCUT2D eigenvalue weighted by Gasteiger charge is 2.14. The molecule has 0 aliphatic carbocycles. The zero-order valence-corrected chi connectivity index (χ0v) is 11.4. The Hall–Kier alpha value is -2.28. The van der Waals surface area contributed by atoms with Crippen molar-refractivity contribution in [3.05, 3.63) is 34.6 Å². The van der Waals surface area contributed by atoms with Crippen molar-refractivity contribution in [2.45, 2.75) is 13.6 Å². The summed E-state index contributed by atoms with van der Waals surface area (Å²) in [5, 5.41) is 17.2. The lowest BCUT2D eigenvalue weighted by Crippen LogP contribution is -2.35. The van der Waals surface area contributed by atoms with Crippen LogP contribution in [0.2, 0.25) is 0 Å². The molecule has 0 aliphatic heterocycles. The minimum absolute atomic E-state index is 0.203. The number of nitrogens with zero attached hydrogens (tertiary/aromatic N) is 4. The lowest BCUT2D eigenvalue weighted by atomic mass is 10.2. The van der Waals surface area contributed by atoms with Crippen molar-refractivity contribution in [1.29, 1.82) is 0 Å². The molecule has 2 aromatic rings. The molecule has 7 heteroatoms. The van der Waals surface area contributed by atoms with Gasteiger partial charge in [-0.1, -0.05) is 24.3 Å². The van der Waals surface area contributed by atoms with E-state index in [1.165, 1.54) is 4.68 Å². The van der Waals surface area contributed by atoms with E-state index in [1.807, 2.05) is 0 Å². The predicted molar refractivity (Wildman–Crippen MR) is 73.2 cm³/mol. The number of rotatable bonds is 5. The fourth-order valence-electron chi connectivity index (χ4n) is 1.95. The van der Waals surface area contributed by atoms with Gasteiger partial charge in [0.25, 0.3) is 5.56 Å². The van der Waals surface area contributed by atoms with Crippen LogP contribution in [-0.2, 0) is 11.5 Å². The minimum atomic E-state index is -0.867. The zero-order chi connectivity index (χ0) is 14.7. The van der Waals surface area contributed by atoms with Gasteiger partial charge in [0, 0.05) is 6.54 Å². The van der Waals surface area contributed by atoms with Gasteiger partial charge in [-0.25, -0.2) is 0 Å². The summed E-state index contributed by atoms with van der Waals surface area (Å²) in [6, 6.07) is 6.99. The smallest absolute Gasteiger partial charge is 0.307 e. The third-order valence-corrected chi connectivity index (χ3v) is 3.01. The van der Waals surface area contributed by atoms with Gasteiger partial charge in [0.15, 0.2) is 0 Å². The number of carbonyl (C=O) groups is 1. The molecule has 0 fully saturated rings. The fourth-order valence-corrected chi connectivity index (χ4v) is 1.95. The second-order valence-electron chi connectivity index (χ2n) is 4.83. The SMILES string of the molecule is CC(CN(C)Cn1nnc2ccccc2c1=O)C(=O)O. The van der Waals surface area contributed by atoms with Gasteiger partial charge in [0.05, 0.1) is 18.0 Å². The Balaban J connectivity index is 2.20. The van der Waals surface area contributed by atoms with E-state index in [2.05, 4.69) is 10.3 Å². The third-order valence-electron chi connectivity index (χ3n) is 3.01. The summed E-state index contributed by atoms with van der Waals surface area (Å²) in [5.74, 6) is -1.38. The van der Waals surface area contributed by atoms with E-state index >= 15 is 0 Å². The molecule has 1 unspecified atom stereocenters. The van der Waals surface area contributed by atoms with Crippen molar-refractivity contribution >= 4 is 16.9 Å². The summed E-state index contributed by atoms with van der Waals surface area (Å²) in [6.45, 7) is 2.15. The van der Waals surface area contributed by atoms with E-state index in [4.69, 9.17) is 5.11 Å². The van der Waals surface area contributed by atoms with E-state index in [1.54, 1.807) is 43.1 Å². The molecule has 1 aromatic heterocycles. The Morgan fingerprint density at radius 1 is 1.45 bits per heavy atom. The topological polar surface area (TPSA) is 88.3 Å². The molecule has 0 spiro atoms. The van der Waals surface area contributed by atoms with E-state index in [0.717, 1.165) is 0 Å². The Morgan fingerprint density at radius 2 is 2.15 bits per heavy atom. The van der Waals surface area contributed by atoms with E-state index < -0.39 is 11.9 Å². The van der Waals surface area contributed by atoms with Gasteiger partial charge in [-0.2, -0.15) is 4.68 Å². The number of benzene rings is 1. The summed E-state index contributed by atoms with van der Waals surface area (Å²) in [7, 11) is 1.74. The van der Waals surface area contributed by atoms with Crippen LogP contribution in [0.3, 0.4) is 0 Å². The molecule has 1 atom stereocenters. The summed E-state index contributed by atoms with van der Waals surface area (Å²) >= 11 is 0. The van der Waals surface area contributed by atoms with Crippen LogP contribution in [0.5, 0.6) is 0 Å². The van der Waals surface area contributed by atoms with Gasteiger partial charge in [0.1, 0.15) is 5.52 Å². The highest BCUT2D eigenvalue weighted by molar-refractivity contribution is 5.76. The molecule has 1 aromatic carbocycles. The van der Waals surface area contributed by atoms with Crippen molar-refractivity contribution in [2.75, 3.05) is 13.6 Å². The number of aliphatic carboxylic acids is 1. The molecule has 1 heterocycles. The first kappa shape index (κ1) is 14.1. The lowest BCUT2D eigenvalue weighted by molar-refractivity contribution is -0.141. The minimum Gasteiger partial charge on any atom is -0.481 e. The zero-order valence-electron chi connectivity index (χ0n) is 11.4. The van der Waals surface area contributed by atoms with Gasteiger partial charge >= 0.3 is 5.97 Å². The van der Waals surface area contributed by atoms with Crippen LogP contribution in [0, 0.1) is 5.92 Å². The quantitative estimate of drug-likeness (QED) is 0.850. The maximum absolute atomic E-state index is 12.2. The number of carboxylic acid groups (broad SMARTS) is 1. The molecule has 20 heavy (non-hydrogen) atoms. The number of aromatic nitrogens is 3. The van der Waals surface area contributed by atoms with Crippen LogP contribution < -0.4 is 5.56 Å². The molecule has 0 bridgehead atoms. The van der Waals surface area contributed by atoms with E-state index in [-0.39, 0.29) is 12.2 Å². The Morgan fingerprint density at radius 3 is 2.85 bits per heavy atom. The highest BCUT2D eigenvalue weighted by Crippen LogP contribution is 2.04. The number of hydrogen-bond acceptors (Lipinski definition) is 5. The van der Waals surface area contributed by atoms with Crippen LogP contribution in [0.15, 0.2) is 29.1 Å². The molecule has 0 saturated heterocycles. The van der Waals surface area contributed by atoms with Crippen LogP contribution in [0.25, 0.3) is 10.9 Å². The Kier molecular flexibility index (Phi) is 4.09. The first-order chi connectivity index (χ1) is 9.49. The predicted octanol–water partition coefficient (Wildman–Crippen LogP) is 0.401. The maximum Gasteiger partial charge on any atom is 0.307 e. The highest BCUT2D eigenvalue weighted by atomic mass is 16.4. The normalized spacial score (nSPS) is 12.8. The maximum atomic E-state index is 12.2.